The maximum Gasteiger partial charge on any atom is 0.235 e. The molecule has 1 fully saturated rings. The normalized spacial score (nSPS) is 16.9. The van der Waals surface area contributed by atoms with Gasteiger partial charge >= 0.3 is 0 Å². The molecule has 0 radical (unpaired) electrons. The number of hydrogen-bond donors (Lipinski definition) is 3. The average molecular weight is 361 g/mol. The zero-order chi connectivity index (χ0) is 19.2. The summed E-state index contributed by atoms with van der Waals surface area (Å²) in [7, 11) is 0. The van der Waals surface area contributed by atoms with Gasteiger partial charge in [0.25, 0.3) is 0 Å². The highest BCUT2D eigenvalue weighted by molar-refractivity contribution is 6.07. The number of rotatable bonds is 2. The molecular weight excluding hydrogens is 338 g/mol. The first-order valence-electron chi connectivity index (χ1n) is 9.30. The van der Waals surface area contributed by atoms with Crippen LogP contribution in [0.2, 0.25) is 0 Å². The highest BCUT2D eigenvalue weighted by Crippen LogP contribution is 2.49. The predicted molar refractivity (Wildman–Crippen MR) is 107 cm³/mol. The number of ether oxygens (including phenoxy) is 1. The number of carbonyl (C=O) groups excluding carboxylic acids is 1. The molecule has 1 aliphatic heterocycles. The molecule has 5 heteroatoms. The molecule has 2 aliphatic rings. The number of benzene rings is 2. The largest absolute Gasteiger partial charge is 0.426 e. The molecule has 0 saturated heterocycles. The first-order chi connectivity index (χ1) is 12.9. The Labute approximate surface area is 158 Å². The van der Waals surface area contributed by atoms with Crippen molar-refractivity contribution in [2.45, 2.75) is 44.9 Å². The van der Waals surface area contributed by atoms with Crippen molar-refractivity contribution < 1.29 is 9.53 Å². The van der Waals surface area contributed by atoms with Crippen LogP contribution in [-0.2, 0) is 14.9 Å². The van der Waals surface area contributed by atoms with Crippen LogP contribution in [0.25, 0.3) is 11.1 Å². The summed E-state index contributed by atoms with van der Waals surface area (Å²) in [6.45, 7) is 3.53. The number of hydrogen-bond acceptors (Lipinski definition) is 4. The number of aryl methyl sites for hydroxylation is 1. The van der Waals surface area contributed by atoms with E-state index in [2.05, 4.69) is 17.4 Å². The summed E-state index contributed by atoms with van der Waals surface area (Å²) >= 11 is 0. The van der Waals surface area contributed by atoms with Crippen LogP contribution in [0.3, 0.4) is 0 Å². The van der Waals surface area contributed by atoms with E-state index in [0.717, 1.165) is 53.6 Å². The zero-order valence-corrected chi connectivity index (χ0v) is 15.6. The van der Waals surface area contributed by atoms with E-state index < -0.39 is 0 Å². The zero-order valence-electron chi connectivity index (χ0n) is 15.6. The molecule has 1 spiro atoms. The highest BCUT2D eigenvalue weighted by Gasteiger charge is 2.48. The first-order valence-corrected chi connectivity index (χ1v) is 9.30. The van der Waals surface area contributed by atoms with Crippen molar-refractivity contribution >= 4 is 23.4 Å². The molecule has 1 saturated carbocycles. The van der Waals surface area contributed by atoms with Gasteiger partial charge in [-0.1, -0.05) is 31.0 Å². The van der Waals surface area contributed by atoms with E-state index >= 15 is 0 Å². The number of nitrogens with one attached hydrogen (secondary N) is 3. The Bertz CT molecular complexity index is 972. The number of fused-ring (bicyclic) bond motifs is 2. The number of anilines is 1. The summed E-state index contributed by atoms with van der Waals surface area (Å²) in [6, 6.07) is 11.9. The third kappa shape index (κ3) is 2.83. The Morgan fingerprint density at radius 1 is 1.11 bits per heavy atom. The minimum absolute atomic E-state index is 0.00997. The smallest absolute Gasteiger partial charge is 0.235 e. The SMILES string of the molecule is CC(=N)OC(=N)c1ccc(C)c(-c2ccc3c(c2)NC(=O)C32CCCC2)c1. The van der Waals surface area contributed by atoms with E-state index in [0.29, 0.717) is 5.56 Å². The minimum Gasteiger partial charge on any atom is -0.426 e. The monoisotopic (exact) mass is 361 g/mol. The molecule has 4 rings (SSSR count). The van der Waals surface area contributed by atoms with Gasteiger partial charge in [-0.15, -0.1) is 0 Å². The van der Waals surface area contributed by atoms with E-state index in [9.17, 15) is 4.79 Å². The van der Waals surface area contributed by atoms with Gasteiger partial charge < -0.3 is 10.1 Å². The third-order valence-corrected chi connectivity index (χ3v) is 5.74. The van der Waals surface area contributed by atoms with Gasteiger partial charge in [-0.05, 0) is 60.2 Å². The highest BCUT2D eigenvalue weighted by atomic mass is 16.5. The molecule has 2 aromatic rings. The van der Waals surface area contributed by atoms with Gasteiger partial charge in [0.15, 0.2) is 5.90 Å². The Morgan fingerprint density at radius 2 is 1.85 bits per heavy atom. The van der Waals surface area contributed by atoms with E-state index in [1.54, 1.807) is 0 Å². The molecule has 138 valence electrons. The molecule has 0 atom stereocenters. The van der Waals surface area contributed by atoms with Crippen molar-refractivity contribution in [2.75, 3.05) is 5.32 Å². The van der Waals surface area contributed by atoms with Crippen LogP contribution in [-0.4, -0.2) is 17.7 Å². The lowest BCUT2D eigenvalue weighted by Gasteiger charge is -2.20. The van der Waals surface area contributed by atoms with Crippen LogP contribution in [0.4, 0.5) is 5.69 Å². The molecule has 0 aromatic heterocycles. The van der Waals surface area contributed by atoms with Crippen LogP contribution < -0.4 is 5.32 Å². The summed E-state index contributed by atoms with van der Waals surface area (Å²) in [4.78, 5) is 12.6. The maximum absolute atomic E-state index is 12.6. The second-order valence-electron chi connectivity index (χ2n) is 7.52. The molecule has 1 amide bonds. The topological polar surface area (TPSA) is 86.0 Å². The molecule has 5 nitrogen and oxygen atoms in total. The molecular formula is C22H23N3O2. The maximum atomic E-state index is 12.6. The molecule has 0 unspecified atom stereocenters. The number of carbonyl (C=O) groups is 1. The standard InChI is InChI=1S/C22H23N3O2/c1-13-5-6-16(20(24)27-14(2)23)11-17(13)15-7-8-18-19(12-15)25-21(26)22(18)9-3-4-10-22/h5-8,11-12,23-24H,3-4,9-10H2,1-2H3,(H,25,26). The van der Waals surface area contributed by atoms with Crippen molar-refractivity contribution in [1.82, 2.24) is 0 Å². The Kier molecular flexibility index (Phi) is 4.10. The fraction of sp³-hybridized carbons (Fsp3) is 0.318. The van der Waals surface area contributed by atoms with Gasteiger partial charge in [0, 0.05) is 18.2 Å². The van der Waals surface area contributed by atoms with Crippen molar-refractivity contribution in [1.29, 1.82) is 10.8 Å². The summed E-state index contributed by atoms with van der Waals surface area (Å²) in [5.41, 5.74) is 5.40. The number of amides is 1. The molecule has 27 heavy (non-hydrogen) atoms. The van der Waals surface area contributed by atoms with Gasteiger partial charge in [-0.3, -0.25) is 15.6 Å². The van der Waals surface area contributed by atoms with Crippen molar-refractivity contribution in [3.63, 3.8) is 0 Å². The fourth-order valence-electron chi connectivity index (χ4n) is 4.36. The Hall–Kier alpha value is -2.95. The van der Waals surface area contributed by atoms with Gasteiger partial charge in [-0.25, -0.2) is 0 Å². The van der Waals surface area contributed by atoms with Crippen LogP contribution in [0.15, 0.2) is 36.4 Å². The molecule has 1 aliphatic carbocycles. The Balaban J connectivity index is 1.73. The summed E-state index contributed by atoms with van der Waals surface area (Å²) in [6.07, 6.45) is 4.06. The molecule has 1 heterocycles. The molecule has 3 N–H and O–H groups in total. The van der Waals surface area contributed by atoms with Gasteiger partial charge in [-0.2, -0.15) is 0 Å². The van der Waals surface area contributed by atoms with Crippen LogP contribution in [0.1, 0.15) is 49.3 Å². The predicted octanol–water partition coefficient (Wildman–Crippen LogP) is 4.77. The quantitative estimate of drug-likeness (QED) is 0.532. The summed E-state index contributed by atoms with van der Waals surface area (Å²) in [5.74, 6) is 0.0848. The van der Waals surface area contributed by atoms with E-state index in [1.165, 1.54) is 6.92 Å². The van der Waals surface area contributed by atoms with Crippen LogP contribution >= 0.6 is 0 Å². The lowest BCUT2D eigenvalue weighted by molar-refractivity contribution is -0.120. The van der Waals surface area contributed by atoms with Gasteiger partial charge in [0.1, 0.15) is 0 Å². The molecule has 0 bridgehead atoms. The Morgan fingerprint density at radius 3 is 2.56 bits per heavy atom. The van der Waals surface area contributed by atoms with E-state index in [1.807, 2.05) is 31.2 Å². The third-order valence-electron chi connectivity index (χ3n) is 5.74. The first kappa shape index (κ1) is 17.5. The molecule has 2 aromatic carbocycles. The van der Waals surface area contributed by atoms with Crippen LogP contribution in [0, 0.1) is 17.7 Å². The second kappa shape index (κ2) is 6.34. The van der Waals surface area contributed by atoms with Crippen molar-refractivity contribution in [3.05, 3.63) is 53.1 Å². The summed E-state index contributed by atoms with van der Waals surface area (Å²) in [5, 5.41) is 18.5. The summed E-state index contributed by atoms with van der Waals surface area (Å²) < 4.78 is 5.13. The van der Waals surface area contributed by atoms with Gasteiger partial charge in [0.2, 0.25) is 11.8 Å². The van der Waals surface area contributed by atoms with Crippen molar-refractivity contribution in [2.24, 2.45) is 0 Å². The van der Waals surface area contributed by atoms with Gasteiger partial charge in [0.05, 0.1) is 5.41 Å². The minimum atomic E-state index is -0.331. The van der Waals surface area contributed by atoms with E-state index in [4.69, 9.17) is 15.6 Å². The van der Waals surface area contributed by atoms with E-state index in [-0.39, 0.29) is 23.1 Å². The lowest BCUT2D eigenvalue weighted by Crippen LogP contribution is -2.30. The average Bonchev–Trinajstić information content (AvgIpc) is 3.21. The second-order valence-corrected chi connectivity index (χ2v) is 7.52. The fourth-order valence-corrected chi connectivity index (χ4v) is 4.36. The lowest BCUT2D eigenvalue weighted by atomic mass is 9.79. The van der Waals surface area contributed by atoms with Crippen molar-refractivity contribution in [3.8, 4) is 11.1 Å². The van der Waals surface area contributed by atoms with Crippen LogP contribution in [0.5, 0.6) is 0 Å².